The van der Waals surface area contributed by atoms with Gasteiger partial charge in [0.15, 0.2) is 12.1 Å². The molecule has 0 aliphatic carbocycles. The van der Waals surface area contributed by atoms with Gasteiger partial charge in [0.2, 0.25) is 0 Å². The molecule has 2 atom stereocenters. The van der Waals surface area contributed by atoms with Gasteiger partial charge in [-0.1, -0.05) is 0 Å². The minimum Gasteiger partial charge on any atom is -0.390 e. The molecule has 0 fully saturated rings. The lowest BCUT2D eigenvalue weighted by Crippen LogP contribution is -2.20. The van der Waals surface area contributed by atoms with Crippen LogP contribution in [0.5, 0.6) is 0 Å². The van der Waals surface area contributed by atoms with Crippen LogP contribution in [-0.2, 0) is 0 Å². The van der Waals surface area contributed by atoms with E-state index in [1.165, 1.54) is 0 Å². The minimum atomic E-state index is -1.24. The Hall–Kier alpha value is -0.980. The van der Waals surface area contributed by atoms with Crippen LogP contribution in [0.1, 0.15) is 28.6 Å². The first-order valence-electron chi connectivity index (χ1n) is 4.67. The third kappa shape index (κ3) is 3.01. The van der Waals surface area contributed by atoms with Gasteiger partial charge in [-0.15, -0.1) is 0 Å². The van der Waals surface area contributed by atoms with E-state index in [4.69, 9.17) is 0 Å². The van der Waals surface area contributed by atoms with Gasteiger partial charge in [0.05, 0.1) is 23.6 Å². The average Bonchev–Trinajstić information content (AvgIpc) is 2.29. The molecule has 0 radical (unpaired) electrons. The molecule has 0 aliphatic heterocycles. The summed E-state index contributed by atoms with van der Waals surface area (Å²) in [5.41, 5.74) is -0.125. The summed E-state index contributed by atoms with van der Waals surface area (Å²) < 4.78 is 12.9. The predicted octanol–water partition coefficient (Wildman–Crippen LogP) is 0.747. The summed E-state index contributed by atoms with van der Waals surface area (Å²) in [5, 5.41) is 19.1. The zero-order chi connectivity index (χ0) is 12.1. The molecule has 4 nitrogen and oxygen atoms in total. The van der Waals surface area contributed by atoms with Crippen molar-refractivity contribution in [2.45, 2.75) is 18.6 Å². The summed E-state index contributed by atoms with van der Waals surface area (Å²) in [7, 11) is 0. The first kappa shape index (κ1) is 13.1. The molecule has 0 saturated carbocycles. The number of aliphatic hydroxyl groups excluding tert-OH is 2. The number of pyridine rings is 1. The predicted molar refractivity (Wildman–Crippen MR) is 59.0 cm³/mol. The van der Waals surface area contributed by atoms with E-state index < -0.39 is 18.0 Å². The van der Waals surface area contributed by atoms with E-state index in [1.807, 2.05) is 0 Å². The van der Waals surface area contributed by atoms with E-state index in [2.05, 4.69) is 17.6 Å². The molecule has 1 aromatic heterocycles. The number of aliphatic hydroxyl groups is 2. The Kier molecular flexibility index (Phi) is 4.85. The highest BCUT2D eigenvalue weighted by Crippen LogP contribution is 2.18. The third-order valence-electron chi connectivity index (χ3n) is 2.13. The van der Waals surface area contributed by atoms with Gasteiger partial charge < -0.3 is 10.2 Å². The molecule has 0 bridgehead atoms. The molecule has 1 rings (SSSR count). The topological polar surface area (TPSA) is 70.4 Å². The summed E-state index contributed by atoms with van der Waals surface area (Å²) in [6, 6.07) is 1.12. The summed E-state index contributed by atoms with van der Waals surface area (Å²) >= 11 is 3.91. The molecule has 6 heteroatoms. The van der Waals surface area contributed by atoms with Crippen molar-refractivity contribution >= 4 is 18.9 Å². The molecule has 0 amide bonds. The number of aromatic nitrogens is 1. The number of aldehydes is 1. The number of thiol groups is 1. The second-order valence-electron chi connectivity index (χ2n) is 3.27. The Balaban J connectivity index is 2.91. The number of halogens is 1. The van der Waals surface area contributed by atoms with Gasteiger partial charge in [0.1, 0.15) is 6.10 Å². The smallest absolute Gasteiger partial charge is 0.153 e. The lowest BCUT2D eigenvalue weighted by Gasteiger charge is -2.16. The number of carbonyl (C=O) groups excluding carboxylic acids is 1. The van der Waals surface area contributed by atoms with E-state index in [9.17, 15) is 19.4 Å². The molecule has 2 N–H and O–H groups in total. The highest BCUT2D eigenvalue weighted by molar-refractivity contribution is 7.80. The molecular weight excluding hydrogens is 233 g/mol. The highest BCUT2D eigenvalue weighted by Gasteiger charge is 2.20. The summed E-state index contributed by atoms with van der Waals surface area (Å²) in [4.78, 5) is 14.1. The van der Waals surface area contributed by atoms with E-state index >= 15 is 0 Å². The fraction of sp³-hybridized carbons (Fsp3) is 0.400. The van der Waals surface area contributed by atoms with Crippen LogP contribution in [0.2, 0.25) is 0 Å². The Morgan fingerprint density at radius 1 is 1.56 bits per heavy atom. The molecule has 0 aliphatic rings. The molecule has 88 valence electrons. The molecule has 1 aromatic rings. The van der Waals surface area contributed by atoms with E-state index in [-0.39, 0.29) is 17.7 Å². The standard InChI is InChI=1S/C10H12FNO3S/c11-7-4-12-8(3-6(7)5-13)10(15)9(14)1-2-16/h3-5,9-10,14-16H,1-2H2. The Labute approximate surface area is 97.5 Å². The van der Waals surface area contributed by atoms with Gasteiger partial charge in [0, 0.05) is 0 Å². The van der Waals surface area contributed by atoms with E-state index in [0.29, 0.717) is 12.0 Å². The SMILES string of the molecule is O=Cc1cc(C(O)C(O)CCS)ncc1F. The monoisotopic (exact) mass is 245 g/mol. The molecule has 0 spiro atoms. The van der Waals surface area contributed by atoms with Crippen molar-refractivity contribution in [1.29, 1.82) is 0 Å². The number of hydrogen-bond acceptors (Lipinski definition) is 5. The van der Waals surface area contributed by atoms with Crippen molar-refractivity contribution in [3.8, 4) is 0 Å². The fourth-order valence-electron chi connectivity index (χ4n) is 1.21. The van der Waals surface area contributed by atoms with Crippen LogP contribution in [-0.4, -0.2) is 33.3 Å². The number of nitrogens with zero attached hydrogens (tertiary/aromatic N) is 1. The number of hydrogen-bond donors (Lipinski definition) is 3. The van der Waals surface area contributed by atoms with Crippen LogP contribution in [0.4, 0.5) is 4.39 Å². The second-order valence-corrected chi connectivity index (χ2v) is 3.72. The Morgan fingerprint density at radius 3 is 2.81 bits per heavy atom. The van der Waals surface area contributed by atoms with Crippen LogP contribution in [0.3, 0.4) is 0 Å². The number of rotatable bonds is 5. The first-order chi connectivity index (χ1) is 7.60. The highest BCUT2D eigenvalue weighted by atomic mass is 32.1. The van der Waals surface area contributed by atoms with Crippen LogP contribution >= 0.6 is 12.6 Å². The molecular formula is C10H12FNO3S. The van der Waals surface area contributed by atoms with Crippen molar-refractivity contribution in [3.05, 3.63) is 29.3 Å². The fourth-order valence-corrected chi connectivity index (χ4v) is 1.48. The van der Waals surface area contributed by atoms with Crippen molar-refractivity contribution in [2.75, 3.05) is 5.75 Å². The molecule has 1 heterocycles. The summed E-state index contributed by atoms with van der Waals surface area (Å²) in [6.45, 7) is 0. The zero-order valence-corrected chi connectivity index (χ0v) is 9.27. The maximum atomic E-state index is 12.9. The lowest BCUT2D eigenvalue weighted by atomic mass is 10.1. The third-order valence-corrected chi connectivity index (χ3v) is 2.38. The molecule has 16 heavy (non-hydrogen) atoms. The van der Waals surface area contributed by atoms with Gasteiger partial charge in [-0.2, -0.15) is 12.6 Å². The van der Waals surface area contributed by atoms with Crippen LogP contribution in [0.25, 0.3) is 0 Å². The molecule has 2 unspecified atom stereocenters. The second kappa shape index (κ2) is 5.93. The van der Waals surface area contributed by atoms with Crippen LogP contribution in [0.15, 0.2) is 12.3 Å². The maximum Gasteiger partial charge on any atom is 0.153 e. The Bertz CT molecular complexity index is 375. The largest absolute Gasteiger partial charge is 0.390 e. The molecule has 0 aromatic carbocycles. The average molecular weight is 245 g/mol. The first-order valence-corrected chi connectivity index (χ1v) is 5.31. The van der Waals surface area contributed by atoms with Gasteiger partial charge in [0.25, 0.3) is 0 Å². The number of carbonyl (C=O) groups is 1. The quantitative estimate of drug-likeness (QED) is 0.529. The minimum absolute atomic E-state index is 0.0674. The van der Waals surface area contributed by atoms with Gasteiger partial charge in [-0.3, -0.25) is 9.78 Å². The van der Waals surface area contributed by atoms with E-state index in [1.54, 1.807) is 0 Å². The van der Waals surface area contributed by atoms with Gasteiger partial charge in [-0.25, -0.2) is 4.39 Å². The van der Waals surface area contributed by atoms with E-state index in [0.717, 1.165) is 12.3 Å². The normalized spacial score (nSPS) is 14.5. The molecule has 0 saturated heterocycles. The maximum absolute atomic E-state index is 12.9. The van der Waals surface area contributed by atoms with Crippen LogP contribution in [0, 0.1) is 5.82 Å². The van der Waals surface area contributed by atoms with Crippen molar-refractivity contribution in [2.24, 2.45) is 0 Å². The van der Waals surface area contributed by atoms with Crippen molar-refractivity contribution in [1.82, 2.24) is 4.98 Å². The van der Waals surface area contributed by atoms with Crippen molar-refractivity contribution in [3.63, 3.8) is 0 Å². The van der Waals surface area contributed by atoms with Gasteiger partial charge >= 0.3 is 0 Å². The van der Waals surface area contributed by atoms with Crippen molar-refractivity contribution < 1.29 is 19.4 Å². The van der Waals surface area contributed by atoms with Crippen LogP contribution < -0.4 is 0 Å². The Morgan fingerprint density at radius 2 is 2.25 bits per heavy atom. The van der Waals surface area contributed by atoms with Gasteiger partial charge in [-0.05, 0) is 18.2 Å². The lowest BCUT2D eigenvalue weighted by molar-refractivity contribution is 0.0146. The summed E-state index contributed by atoms with van der Waals surface area (Å²) in [5.74, 6) is -0.352. The summed E-state index contributed by atoms with van der Waals surface area (Å²) in [6.07, 6.45) is -0.824. The zero-order valence-electron chi connectivity index (χ0n) is 8.38.